The van der Waals surface area contributed by atoms with Gasteiger partial charge in [0.2, 0.25) is 0 Å². The zero-order chi connectivity index (χ0) is 14.4. The van der Waals surface area contributed by atoms with Gasteiger partial charge >= 0.3 is 0 Å². The van der Waals surface area contributed by atoms with Crippen molar-refractivity contribution in [3.05, 3.63) is 36.0 Å². The van der Waals surface area contributed by atoms with Crippen molar-refractivity contribution in [3.8, 4) is 0 Å². The molecule has 2 aromatic rings. The Morgan fingerprint density at radius 2 is 1.90 bits per heavy atom. The summed E-state index contributed by atoms with van der Waals surface area (Å²) in [5.41, 5.74) is 3.40. The normalized spacial score (nSPS) is 12.6. The van der Waals surface area contributed by atoms with Crippen LogP contribution in [0.15, 0.2) is 30.3 Å². The van der Waals surface area contributed by atoms with Crippen molar-refractivity contribution in [1.29, 1.82) is 0 Å². The van der Waals surface area contributed by atoms with Crippen LogP contribution in [0.2, 0.25) is 0 Å². The lowest BCUT2D eigenvalue weighted by molar-refractivity contribution is 0.565. The summed E-state index contributed by atoms with van der Waals surface area (Å²) in [5, 5.41) is 4.99. The van der Waals surface area contributed by atoms with E-state index in [0.29, 0.717) is 6.04 Å². The van der Waals surface area contributed by atoms with Crippen molar-refractivity contribution in [1.82, 2.24) is 4.98 Å². The average Bonchev–Trinajstić information content (AvgIpc) is 2.44. The van der Waals surface area contributed by atoms with Crippen molar-refractivity contribution >= 4 is 16.6 Å². The summed E-state index contributed by atoms with van der Waals surface area (Å²) >= 11 is 0. The van der Waals surface area contributed by atoms with E-state index in [9.17, 15) is 0 Å². The van der Waals surface area contributed by atoms with Crippen molar-refractivity contribution < 1.29 is 0 Å². The maximum absolute atomic E-state index is 4.61. The van der Waals surface area contributed by atoms with E-state index in [2.05, 4.69) is 61.4 Å². The summed E-state index contributed by atoms with van der Waals surface area (Å²) in [7, 11) is 0. The Morgan fingerprint density at radius 1 is 1.10 bits per heavy atom. The molecule has 2 nitrogen and oxygen atoms in total. The number of hydrogen-bond acceptors (Lipinski definition) is 2. The first kappa shape index (κ1) is 14.8. The van der Waals surface area contributed by atoms with Crippen LogP contribution in [0.1, 0.15) is 51.6 Å². The summed E-state index contributed by atoms with van der Waals surface area (Å²) in [4.78, 5) is 4.61. The van der Waals surface area contributed by atoms with Gasteiger partial charge in [0.1, 0.15) is 0 Å². The largest absolute Gasteiger partial charge is 0.382 e. The number of anilines is 1. The average molecular weight is 270 g/mol. The molecule has 0 radical (unpaired) electrons. The Hall–Kier alpha value is -1.57. The number of nitrogens with one attached hydrogen (secondary N) is 1. The minimum atomic E-state index is 0.574. The quantitative estimate of drug-likeness (QED) is 0.737. The fourth-order valence-corrected chi connectivity index (χ4v) is 2.73. The van der Waals surface area contributed by atoms with Crippen molar-refractivity contribution in [2.45, 2.75) is 58.9 Å². The third-order valence-electron chi connectivity index (χ3n) is 3.75. The highest BCUT2D eigenvalue weighted by atomic mass is 14.9. The van der Waals surface area contributed by atoms with Crippen LogP contribution in [0.4, 0.5) is 5.69 Å². The number of pyridine rings is 1. The zero-order valence-electron chi connectivity index (χ0n) is 12.9. The smallest absolute Gasteiger partial charge is 0.0725 e. The zero-order valence-corrected chi connectivity index (χ0v) is 12.9. The van der Waals surface area contributed by atoms with Gasteiger partial charge in [-0.05, 0) is 31.9 Å². The van der Waals surface area contributed by atoms with Gasteiger partial charge in [-0.25, -0.2) is 0 Å². The van der Waals surface area contributed by atoms with Gasteiger partial charge in [-0.3, -0.25) is 4.98 Å². The van der Waals surface area contributed by atoms with Gasteiger partial charge < -0.3 is 5.32 Å². The fourth-order valence-electron chi connectivity index (χ4n) is 2.73. The fraction of sp³-hybridized carbons (Fsp3) is 0.500. The van der Waals surface area contributed by atoms with E-state index in [-0.39, 0.29) is 0 Å². The van der Waals surface area contributed by atoms with E-state index >= 15 is 0 Å². The van der Waals surface area contributed by atoms with Crippen LogP contribution in [0.25, 0.3) is 10.9 Å². The molecule has 1 aromatic heterocycles. The number of aryl methyl sites for hydroxylation is 1. The van der Waals surface area contributed by atoms with Crippen molar-refractivity contribution in [2.75, 3.05) is 5.32 Å². The van der Waals surface area contributed by atoms with Crippen LogP contribution < -0.4 is 5.32 Å². The Morgan fingerprint density at radius 3 is 2.65 bits per heavy atom. The van der Waals surface area contributed by atoms with Gasteiger partial charge in [-0.2, -0.15) is 0 Å². The molecule has 0 aliphatic rings. The molecule has 0 saturated carbocycles. The van der Waals surface area contributed by atoms with E-state index in [0.717, 1.165) is 11.2 Å². The minimum absolute atomic E-state index is 0.574. The Bertz CT molecular complexity index is 548. The lowest BCUT2D eigenvalue weighted by Crippen LogP contribution is -2.19. The molecular weight excluding hydrogens is 244 g/mol. The van der Waals surface area contributed by atoms with Crippen molar-refractivity contribution in [2.24, 2.45) is 0 Å². The van der Waals surface area contributed by atoms with Gasteiger partial charge in [-0.1, -0.05) is 51.3 Å². The highest BCUT2D eigenvalue weighted by Gasteiger charge is 2.10. The third kappa shape index (κ3) is 3.72. The van der Waals surface area contributed by atoms with E-state index in [1.807, 2.05) is 0 Å². The minimum Gasteiger partial charge on any atom is -0.382 e. The molecule has 0 aliphatic carbocycles. The van der Waals surface area contributed by atoms with Gasteiger partial charge in [0, 0.05) is 22.8 Å². The van der Waals surface area contributed by atoms with E-state index in [4.69, 9.17) is 0 Å². The molecular formula is C18H26N2. The first-order chi connectivity index (χ1) is 9.74. The molecule has 1 heterocycles. The second-order valence-electron chi connectivity index (χ2n) is 5.60. The van der Waals surface area contributed by atoms with Crippen LogP contribution in [0.5, 0.6) is 0 Å². The number of fused-ring (bicyclic) bond motifs is 1. The highest BCUT2D eigenvalue weighted by molar-refractivity contribution is 5.91. The SMILES string of the molecule is CCCCC(CCC)Nc1cc(C)nc2ccccc12. The number of rotatable bonds is 7. The van der Waals surface area contributed by atoms with E-state index in [1.165, 1.54) is 43.2 Å². The van der Waals surface area contributed by atoms with Crippen LogP contribution in [-0.4, -0.2) is 11.0 Å². The Labute approximate surface area is 122 Å². The summed E-state index contributed by atoms with van der Waals surface area (Å²) in [6.45, 7) is 6.59. The maximum Gasteiger partial charge on any atom is 0.0725 e. The molecule has 1 atom stereocenters. The second kappa shape index (κ2) is 7.28. The molecule has 0 spiro atoms. The molecule has 0 amide bonds. The molecule has 20 heavy (non-hydrogen) atoms. The van der Waals surface area contributed by atoms with Gasteiger partial charge in [0.15, 0.2) is 0 Å². The van der Waals surface area contributed by atoms with E-state index < -0.39 is 0 Å². The molecule has 0 bridgehead atoms. The Kier molecular flexibility index (Phi) is 5.40. The molecule has 1 unspecified atom stereocenters. The molecule has 0 aliphatic heterocycles. The standard InChI is InChI=1S/C18H26N2/c1-4-6-10-15(9-5-2)20-18-13-14(3)19-17-12-8-7-11-16(17)18/h7-8,11-13,15H,4-6,9-10H2,1-3H3,(H,19,20). The number of unbranched alkanes of at least 4 members (excludes halogenated alkanes) is 1. The number of hydrogen-bond donors (Lipinski definition) is 1. The van der Waals surface area contributed by atoms with Crippen LogP contribution >= 0.6 is 0 Å². The van der Waals surface area contributed by atoms with Crippen molar-refractivity contribution in [3.63, 3.8) is 0 Å². The highest BCUT2D eigenvalue weighted by Crippen LogP contribution is 2.25. The molecule has 2 heteroatoms. The Balaban J connectivity index is 2.26. The summed E-state index contributed by atoms with van der Waals surface area (Å²) in [5.74, 6) is 0. The number of aromatic nitrogens is 1. The van der Waals surface area contributed by atoms with Crippen LogP contribution in [0, 0.1) is 6.92 Å². The summed E-state index contributed by atoms with van der Waals surface area (Å²) in [6, 6.07) is 11.1. The topological polar surface area (TPSA) is 24.9 Å². The lowest BCUT2D eigenvalue weighted by atomic mass is 10.0. The van der Waals surface area contributed by atoms with Gasteiger partial charge in [0.25, 0.3) is 0 Å². The predicted molar refractivity (Wildman–Crippen MR) is 88.3 cm³/mol. The third-order valence-corrected chi connectivity index (χ3v) is 3.75. The molecule has 2 rings (SSSR count). The molecule has 0 saturated heterocycles. The van der Waals surface area contributed by atoms with Gasteiger partial charge in [0.05, 0.1) is 5.52 Å². The number of benzene rings is 1. The van der Waals surface area contributed by atoms with E-state index in [1.54, 1.807) is 0 Å². The van der Waals surface area contributed by atoms with Crippen LogP contribution in [-0.2, 0) is 0 Å². The molecule has 108 valence electrons. The second-order valence-corrected chi connectivity index (χ2v) is 5.60. The first-order valence-corrected chi connectivity index (χ1v) is 7.87. The molecule has 0 fully saturated rings. The molecule has 1 aromatic carbocycles. The van der Waals surface area contributed by atoms with Crippen LogP contribution in [0.3, 0.4) is 0 Å². The monoisotopic (exact) mass is 270 g/mol. The lowest BCUT2D eigenvalue weighted by Gasteiger charge is -2.20. The number of para-hydroxylation sites is 1. The maximum atomic E-state index is 4.61. The number of nitrogens with zero attached hydrogens (tertiary/aromatic N) is 1. The molecule has 1 N–H and O–H groups in total. The van der Waals surface area contributed by atoms with Gasteiger partial charge in [-0.15, -0.1) is 0 Å². The first-order valence-electron chi connectivity index (χ1n) is 7.87. The summed E-state index contributed by atoms with van der Waals surface area (Å²) < 4.78 is 0. The summed E-state index contributed by atoms with van der Waals surface area (Å²) in [6.07, 6.45) is 6.26. The predicted octanol–water partition coefficient (Wildman–Crippen LogP) is 5.31.